The Morgan fingerprint density at radius 1 is 1.69 bits per heavy atom. The van der Waals surface area contributed by atoms with Gasteiger partial charge >= 0.3 is 5.69 Å². The quantitative estimate of drug-likeness (QED) is 0.452. The first-order valence-corrected chi connectivity index (χ1v) is 5.02. The summed E-state index contributed by atoms with van der Waals surface area (Å²) in [5.41, 5.74) is -0.00944. The molecule has 0 aliphatic heterocycles. The Hall–Kier alpha value is -1.63. The smallest absolute Gasteiger partial charge is 0.330 e. The number of ether oxygens (including phenoxy) is 1. The van der Waals surface area contributed by atoms with Crippen molar-refractivity contribution in [3.05, 3.63) is 16.3 Å². The van der Waals surface area contributed by atoms with Crippen LogP contribution in [0, 0.1) is 10.1 Å². The fourth-order valence-electron chi connectivity index (χ4n) is 1.18. The molecule has 0 saturated carbocycles. The van der Waals surface area contributed by atoms with Gasteiger partial charge in [-0.15, -0.1) is 5.10 Å². The van der Waals surface area contributed by atoms with Gasteiger partial charge < -0.3 is 10.1 Å². The maximum absolute atomic E-state index is 10.8. The average Bonchev–Trinajstić information content (AvgIpc) is 2.62. The number of anilines is 1. The van der Waals surface area contributed by atoms with Gasteiger partial charge in [0.1, 0.15) is 6.20 Å². The van der Waals surface area contributed by atoms with Gasteiger partial charge in [0.15, 0.2) is 0 Å². The Bertz CT molecular complexity index is 362. The molecule has 1 N–H and O–H groups in total. The fraction of sp³-hybridized carbons (Fsp3) is 0.667. The van der Waals surface area contributed by atoms with Gasteiger partial charge in [-0.3, -0.25) is 14.8 Å². The summed E-state index contributed by atoms with van der Waals surface area (Å²) in [7, 11) is 1.57. The zero-order chi connectivity index (χ0) is 12.1. The van der Waals surface area contributed by atoms with Gasteiger partial charge in [0, 0.05) is 19.7 Å². The highest BCUT2D eigenvalue weighted by Crippen LogP contribution is 2.23. The molecule has 0 aromatic carbocycles. The lowest BCUT2D eigenvalue weighted by atomic mass is 10.4. The molecule has 0 radical (unpaired) electrons. The monoisotopic (exact) mass is 228 g/mol. The van der Waals surface area contributed by atoms with Crippen LogP contribution < -0.4 is 5.32 Å². The van der Waals surface area contributed by atoms with Crippen LogP contribution in [0.4, 0.5) is 11.5 Å². The van der Waals surface area contributed by atoms with E-state index < -0.39 is 4.92 Å². The van der Waals surface area contributed by atoms with Gasteiger partial charge in [0.05, 0.1) is 11.5 Å². The van der Waals surface area contributed by atoms with Gasteiger partial charge in [-0.05, 0) is 13.8 Å². The van der Waals surface area contributed by atoms with E-state index in [1.54, 1.807) is 11.8 Å². The largest absolute Gasteiger partial charge is 0.383 e. The molecule has 0 amide bonds. The molecular weight excluding hydrogens is 212 g/mol. The van der Waals surface area contributed by atoms with E-state index in [2.05, 4.69) is 10.4 Å². The minimum Gasteiger partial charge on any atom is -0.383 e. The number of aromatic nitrogens is 2. The maximum Gasteiger partial charge on any atom is 0.330 e. The molecule has 16 heavy (non-hydrogen) atoms. The first kappa shape index (κ1) is 12.4. The predicted molar refractivity (Wildman–Crippen MR) is 59.6 cm³/mol. The van der Waals surface area contributed by atoms with E-state index in [0.29, 0.717) is 13.2 Å². The SMILES string of the molecule is COCCNc1nn(C(C)C)cc1[N+](=O)[O-]. The van der Waals surface area contributed by atoms with Crippen molar-refractivity contribution in [1.29, 1.82) is 0 Å². The molecular formula is C9H16N4O3. The second-order valence-electron chi connectivity index (χ2n) is 3.61. The van der Waals surface area contributed by atoms with Gasteiger partial charge in [0.2, 0.25) is 5.82 Å². The van der Waals surface area contributed by atoms with E-state index >= 15 is 0 Å². The van der Waals surface area contributed by atoms with Crippen molar-refractivity contribution in [2.45, 2.75) is 19.9 Å². The Morgan fingerprint density at radius 2 is 2.38 bits per heavy atom. The molecule has 7 nitrogen and oxygen atoms in total. The van der Waals surface area contributed by atoms with Crippen LogP contribution in [0.3, 0.4) is 0 Å². The zero-order valence-corrected chi connectivity index (χ0v) is 9.64. The molecule has 0 atom stereocenters. The van der Waals surface area contributed by atoms with Crippen LogP contribution in [0.5, 0.6) is 0 Å². The van der Waals surface area contributed by atoms with Gasteiger partial charge in [-0.25, -0.2) is 0 Å². The minimum absolute atomic E-state index is 0.00944. The molecule has 0 unspecified atom stereocenters. The van der Waals surface area contributed by atoms with Crippen LogP contribution >= 0.6 is 0 Å². The molecule has 0 saturated heterocycles. The number of hydrogen-bond donors (Lipinski definition) is 1. The van der Waals surface area contributed by atoms with Gasteiger partial charge in [-0.2, -0.15) is 0 Å². The third kappa shape index (κ3) is 2.93. The standard InChI is InChI=1S/C9H16N4O3/c1-7(2)12-6-8(13(14)15)9(11-12)10-4-5-16-3/h6-7H,4-5H2,1-3H3,(H,10,11). The van der Waals surface area contributed by atoms with Crippen LogP contribution in [-0.4, -0.2) is 35.0 Å². The number of methoxy groups -OCH3 is 1. The van der Waals surface area contributed by atoms with Crippen molar-refractivity contribution in [2.75, 3.05) is 25.6 Å². The van der Waals surface area contributed by atoms with Gasteiger partial charge in [0.25, 0.3) is 0 Å². The number of rotatable bonds is 6. The molecule has 7 heteroatoms. The second kappa shape index (κ2) is 5.45. The van der Waals surface area contributed by atoms with E-state index in [0.717, 1.165) is 0 Å². The summed E-state index contributed by atoms with van der Waals surface area (Å²) in [5.74, 6) is 0.288. The number of nitro groups is 1. The van der Waals surface area contributed by atoms with Crippen LogP contribution in [0.25, 0.3) is 0 Å². The van der Waals surface area contributed by atoms with E-state index in [1.165, 1.54) is 6.20 Å². The molecule has 0 aliphatic carbocycles. The summed E-state index contributed by atoms with van der Waals surface area (Å²) in [6, 6.07) is 0.0941. The highest BCUT2D eigenvalue weighted by atomic mass is 16.6. The van der Waals surface area contributed by atoms with Crippen LogP contribution in [0.1, 0.15) is 19.9 Å². The molecule has 0 aliphatic rings. The van der Waals surface area contributed by atoms with Crippen molar-refractivity contribution in [2.24, 2.45) is 0 Å². The average molecular weight is 228 g/mol. The molecule has 1 aromatic rings. The molecule has 1 heterocycles. The molecule has 0 bridgehead atoms. The van der Waals surface area contributed by atoms with E-state index in [9.17, 15) is 10.1 Å². The van der Waals surface area contributed by atoms with Gasteiger partial charge in [-0.1, -0.05) is 0 Å². The number of nitrogens with zero attached hydrogens (tertiary/aromatic N) is 3. The first-order valence-electron chi connectivity index (χ1n) is 5.02. The topological polar surface area (TPSA) is 82.2 Å². The number of nitrogens with one attached hydrogen (secondary N) is 1. The lowest BCUT2D eigenvalue weighted by Gasteiger charge is -2.03. The third-order valence-corrected chi connectivity index (χ3v) is 2.04. The Labute approximate surface area is 93.5 Å². The Morgan fingerprint density at radius 3 is 2.88 bits per heavy atom. The fourth-order valence-corrected chi connectivity index (χ4v) is 1.18. The lowest BCUT2D eigenvalue weighted by Crippen LogP contribution is -2.10. The van der Waals surface area contributed by atoms with Crippen LogP contribution in [0.2, 0.25) is 0 Å². The molecule has 1 rings (SSSR count). The minimum atomic E-state index is -0.443. The molecule has 90 valence electrons. The molecule has 1 aromatic heterocycles. The summed E-state index contributed by atoms with van der Waals surface area (Å²) in [4.78, 5) is 10.3. The van der Waals surface area contributed by atoms with E-state index in [1.807, 2.05) is 13.8 Å². The summed E-state index contributed by atoms with van der Waals surface area (Å²) in [6.45, 7) is 4.80. The summed E-state index contributed by atoms with van der Waals surface area (Å²) in [6.07, 6.45) is 1.43. The number of hydrogen-bond acceptors (Lipinski definition) is 5. The van der Waals surface area contributed by atoms with E-state index in [-0.39, 0.29) is 17.5 Å². The maximum atomic E-state index is 10.8. The van der Waals surface area contributed by atoms with Crippen molar-refractivity contribution in [3.63, 3.8) is 0 Å². The molecule has 0 fully saturated rings. The van der Waals surface area contributed by atoms with Crippen molar-refractivity contribution < 1.29 is 9.66 Å². The summed E-state index contributed by atoms with van der Waals surface area (Å²) in [5, 5.41) is 17.8. The van der Waals surface area contributed by atoms with E-state index in [4.69, 9.17) is 4.74 Å². The first-order chi connectivity index (χ1) is 7.56. The lowest BCUT2D eigenvalue weighted by molar-refractivity contribution is -0.384. The van der Waals surface area contributed by atoms with Crippen molar-refractivity contribution in [3.8, 4) is 0 Å². The highest BCUT2D eigenvalue weighted by molar-refractivity contribution is 5.54. The second-order valence-corrected chi connectivity index (χ2v) is 3.61. The van der Waals surface area contributed by atoms with Crippen LogP contribution in [-0.2, 0) is 4.74 Å². The predicted octanol–water partition coefficient (Wildman–Crippen LogP) is 1.43. The van der Waals surface area contributed by atoms with Crippen molar-refractivity contribution in [1.82, 2.24) is 9.78 Å². The Kier molecular flexibility index (Phi) is 4.24. The Balaban J connectivity index is 2.83. The van der Waals surface area contributed by atoms with Crippen molar-refractivity contribution >= 4 is 11.5 Å². The zero-order valence-electron chi connectivity index (χ0n) is 9.64. The highest BCUT2D eigenvalue weighted by Gasteiger charge is 2.19. The summed E-state index contributed by atoms with van der Waals surface area (Å²) < 4.78 is 6.41. The summed E-state index contributed by atoms with van der Waals surface area (Å²) >= 11 is 0. The normalized spacial score (nSPS) is 10.8. The third-order valence-electron chi connectivity index (χ3n) is 2.04. The molecule has 0 spiro atoms. The van der Waals surface area contributed by atoms with Crippen LogP contribution in [0.15, 0.2) is 6.20 Å².